The van der Waals surface area contributed by atoms with Crippen molar-refractivity contribution in [2.24, 2.45) is 0 Å². The molecule has 0 aliphatic carbocycles. The lowest BCUT2D eigenvalue weighted by Crippen LogP contribution is -2.45. The van der Waals surface area contributed by atoms with E-state index in [1.165, 1.54) is 5.69 Å². The Labute approximate surface area is 129 Å². The summed E-state index contributed by atoms with van der Waals surface area (Å²) in [6.07, 6.45) is 0. The molecule has 1 aliphatic heterocycles. The summed E-state index contributed by atoms with van der Waals surface area (Å²) in [5.74, 6) is 0.420. The number of likely N-dealkylation sites (N-methyl/N-ethyl adjacent to an activating group) is 1. The lowest BCUT2D eigenvalue weighted by Gasteiger charge is -2.34. The van der Waals surface area contributed by atoms with Crippen molar-refractivity contribution in [1.82, 2.24) is 9.80 Å². The van der Waals surface area contributed by atoms with Crippen LogP contribution in [-0.2, 0) is 6.54 Å². The molecule has 0 atom stereocenters. The van der Waals surface area contributed by atoms with Gasteiger partial charge in [0.25, 0.3) is 0 Å². The maximum Gasteiger partial charge on any atom is 0.120 e. The first-order chi connectivity index (χ1) is 10.2. The third-order valence-electron chi connectivity index (χ3n) is 4.50. The van der Waals surface area contributed by atoms with Gasteiger partial charge in [-0.3, -0.25) is 4.90 Å². The van der Waals surface area contributed by atoms with E-state index in [0.29, 0.717) is 5.75 Å². The summed E-state index contributed by atoms with van der Waals surface area (Å²) in [6, 6.07) is 6.00. The van der Waals surface area contributed by atoms with E-state index in [1.807, 2.05) is 12.1 Å². The summed E-state index contributed by atoms with van der Waals surface area (Å²) in [7, 11) is 0. The van der Waals surface area contributed by atoms with E-state index in [-0.39, 0.29) is 0 Å². The Morgan fingerprint density at radius 2 is 1.62 bits per heavy atom. The quantitative estimate of drug-likeness (QED) is 0.871. The maximum absolute atomic E-state index is 10.1. The topological polar surface area (TPSA) is 30.0 Å². The Morgan fingerprint density at radius 3 is 2.19 bits per heavy atom. The van der Waals surface area contributed by atoms with E-state index < -0.39 is 0 Å². The van der Waals surface area contributed by atoms with Crippen molar-refractivity contribution in [3.05, 3.63) is 23.8 Å². The van der Waals surface area contributed by atoms with Gasteiger partial charge in [0, 0.05) is 57.1 Å². The largest absolute Gasteiger partial charge is 0.508 e. The molecule has 4 nitrogen and oxygen atoms in total. The molecule has 0 radical (unpaired) electrons. The van der Waals surface area contributed by atoms with Crippen LogP contribution in [0.5, 0.6) is 5.75 Å². The molecular formula is C17H29N3O. The molecule has 1 fully saturated rings. The summed E-state index contributed by atoms with van der Waals surface area (Å²) in [5.41, 5.74) is 2.25. The van der Waals surface area contributed by atoms with Crippen LogP contribution in [0.25, 0.3) is 0 Å². The lowest BCUT2D eigenvalue weighted by molar-refractivity contribution is 0.131. The lowest BCUT2D eigenvalue weighted by atomic mass is 10.1. The number of anilines is 1. The standard InChI is InChI=1S/C17H29N3O/c1-4-18-9-11-19(12-10-18)14-15-13-16(7-8-17(15)21)20(5-2)6-3/h7-8,13,21H,4-6,9-12,14H2,1-3H3. The second kappa shape index (κ2) is 7.66. The van der Waals surface area contributed by atoms with Crippen LogP contribution in [-0.4, -0.2) is 60.7 Å². The Kier molecular flexibility index (Phi) is 5.88. The Hall–Kier alpha value is -1.26. The van der Waals surface area contributed by atoms with Crippen molar-refractivity contribution in [2.45, 2.75) is 27.3 Å². The normalized spacial score (nSPS) is 17.1. The number of nitrogens with zero attached hydrogens (tertiary/aromatic N) is 3. The molecule has 1 aromatic carbocycles. The zero-order valence-corrected chi connectivity index (χ0v) is 13.7. The fourth-order valence-corrected chi connectivity index (χ4v) is 2.99. The monoisotopic (exact) mass is 291 g/mol. The molecule has 4 heteroatoms. The van der Waals surface area contributed by atoms with Crippen LogP contribution in [0.2, 0.25) is 0 Å². The highest BCUT2D eigenvalue weighted by atomic mass is 16.3. The van der Waals surface area contributed by atoms with Gasteiger partial charge in [-0.2, -0.15) is 0 Å². The Balaban J connectivity index is 2.04. The van der Waals surface area contributed by atoms with Gasteiger partial charge in [0.1, 0.15) is 5.75 Å². The van der Waals surface area contributed by atoms with Crippen LogP contribution >= 0.6 is 0 Å². The predicted molar refractivity (Wildman–Crippen MR) is 89.1 cm³/mol. The van der Waals surface area contributed by atoms with Crippen LogP contribution in [0.15, 0.2) is 18.2 Å². The number of phenols is 1. The van der Waals surface area contributed by atoms with Gasteiger partial charge in [0.05, 0.1) is 0 Å². The van der Waals surface area contributed by atoms with Gasteiger partial charge in [0.2, 0.25) is 0 Å². The molecule has 0 amide bonds. The zero-order chi connectivity index (χ0) is 15.2. The molecule has 0 spiro atoms. The van der Waals surface area contributed by atoms with Crippen molar-refractivity contribution in [1.29, 1.82) is 0 Å². The first-order valence-electron chi connectivity index (χ1n) is 8.19. The van der Waals surface area contributed by atoms with Crippen LogP contribution < -0.4 is 4.90 Å². The first-order valence-corrected chi connectivity index (χ1v) is 8.19. The minimum Gasteiger partial charge on any atom is -0.508 e. The molecule has 1 aromatic rings. The summed E-state index contributed by atoms with van der Waals surface area (Å²) in [6.45, 7) is 15.0. The van der Waals surface area contributed by atoms with Crippen LogP contribution in [0.3, 0.4) is 0 Å². The molecule has 1 saturated heterocycles. The maximum atomic E-state index is 10.1. The molecule has 1 N–H and O–H groups in total. The second-order valence-electron chi connectivity index (χ2n) is 5.70. The van der Waals surface area contributed by atoms with E-state index >= 15 is 0 Å². The Bertz CT molecular complexity index is 438. The highest BCUT2D eigenvalue weighted by molar-refractivity contribution is 5.52. The van der Waals surface area contributed by atoms with Gasteiger partial charge in [-0.1, -0.05) is 6.92 Å². The summed E-state index contributed by atoms with van der Waals surface area (Å²) in [5, 5.41) is 10.1. The average molecular weight is 291 g/mol. The minimum atomic E-state index is 0.420. The number of hydrogen-bond acceptors (Lipinski definition) is 4. The van der Waals surface area contributed by atoms with E-state index in [1.54, 1.807) is 0 Å². The van der Waals surface area contributed by atoms with Crippen molar-refractivity contribution in [3.8, 4) is 5.75 Å². The van der Waals surface area contributed by atoms with Crippen LogP contribution in [0.4, 0.5) is 5.69 Å². The smallest absolute Gasteiger partial charge is 0.120 e. The number of phenolic OH excluding ortho intramolecular Hbond substituents is 1. The minimum absolute atomic E-state index is 0.420. The Morgan fingerprint density at radius 1 is 1.00 bits per heavy atom. The molecule has 2 rings (SSSR count). The number of rotatable bonds is 6. The third-order valence-corrected chi connectivity index (χ3v) is 4.50. The molecule has 118 valence electrons. The average Bonchev–Trinajstić information content (AvgIpc) is 2.52. The van der Waals surface area contributed by atoms with Crippen molar-refractivity contribution in [3.63, 3.8) is 0 Å². The van der Waals surface area contributed by atoms with Crippen LogP contribution in [0, 0.1) is 0 Å². The summed E-state index contributed by atoms with van der Waals surface area (Å²) >= 11 is 0. The molecule has 1 aliphatic rings. The number of hydrogen-bond donors (Lipinski definition) is 1. The van der Waals surface area contributed by atoms with E-state index in [2.05, 4.69) is 41.5 Å². The van der Waals surface area contributed by atoms with Gasteiger partial charge in [0.15, 0.2) is 0 Å². The SMILES string of the molecule is CCN1CCN(Cc2cc(N(CC)CC)ccc2O)CC1. The number of benzene rings is 1. The summed E-state index contributed by atoms with van der Waals surface area (Å²) < 4.78 is 0. The van der Waals surface area contributed by atoms with Crippen molar-refractivity contribution >= 4 is 5.69 Å². The van der Waals surface area contributed by atoms with Crippen molar-refractivity contribution < 1.29 is 5.11 Å². The summed E-state index contributed by atoms with van der Waals surface area (Å²) in [4.78, 5) is 7.23. The molecular weight excluding hydrogens is 262 g/mol. The molecule has 1 heterocycles. The van der Waals surface area contributed by atoms with Gasteiger partial charge < -0.3 is 14.9 Å². The molecule has 21 heavy (non-hydrogen) atoms. The number of piperazine rings is 1. The fourth-order valence-electron chi connectivity index (χ4n) is 2.99. The zero-order valence-electron chi connectivity index (χ0n) is 13.7. The molecule has 0 aromatic heterocycles. The van der Waals surface area contributed by atoms with Crippen molar-refractivity contribution in [2.75, 3.05) is 50.7 Å². The van der Waals surface area contributed by atoms with E-state index in [9.17, 15) is 5.11 Å². The van der Waals surface area contributed by atoms with Gasteiger partial charge in [-0.15, -0.1) is 0 Å². The van der Waals surface area contributed by atoms with Crippen LogP contribution in [0.1, 0.15) is 26.3 Å². The third kappa shape index (κ3) is 4.11. The second-order valence-corrected chi connectivity index (χ2v) is 5.70. The first kappa shape index (κ1) is 16.1. The van der Waals surface area contributed by atoms with Gasteiger partial charge in [-0.05, 0) is 38.6 Å². The van der Waals surface area contributed by atoms with Gasteiger partial charge >= 0.3 is 0 Å². The molecule has 0 unspecified atom stereocenters. The number of aromatic hydroxyl groups is 1. The predicted octanol–water partition coefficient (Wildman–Crippen LogP) is 2.38. The molecule has 0 saturated carbocycles. The van der Waals surface area contributed by atoms with E-state index in [0.717, 1.165) is 57.9 Å². The fraction of sp³-hybridized carbons (Fsp3) is 0.647. The highest BCUT2D eigenvalue weighted by Gasteiger charge is 2.17. The molecule has 0 bridgehead atoms. The van der Waals surface area contributed by atoms with Gasteiger partial charge in [-0.25, -0.2) is 0 Å². The van der Waals surface area contributed by atoms with E-state index in [4.69, 9.17) is 0 Å². The highest BCUT2D eigenvalue weighted by Crippen LogP contribution is 2.25.